The van der Waals surface area contributed by atoms with E-state index in [1.54, 1.807) is 0 Å². The first kappa shape index (κ1) is 30.1. The zero-order valence-corrected chi connectivity index (χ0v) is 19.2. The van der Waals surface area contributed by atoms with Crippen LogP contribution in [0.15, 0.2) is 18.2 Å². The Balaban J connectivity index is 0.000000539. The lowest BCUT2D eigenvalue weighted by Crippen LogP contribution is -2.49. The van der Waals surface area contributed by atoms with E-state index >= 15 is 0 Å². The quantitative estimate of drug-likeness (QED) is 0.305. The second kappa shape index (κ2) is 16.7. The lowest BCUT2D eigenvalue weighted by atomic mass is 9.99. The summed E-state index contributed by atoms with van der Waals surface area (Å²) in [5, 5.41) is 32.4. The minimum Gasteiger partial charge on any atom is -0.494 e. The third kappa shape index (κ3) is 15.5. The van der Waals surface area contributed by atoms with Crippen LogP contribution in [0.5, 0.6) is 5.75 Å². The van der Waals surface area contributed by atoms with Crippen LogP contribution in [-0.4, -0.2) is 75.4 Å². The number of carboxylic acid groups (broad SMARTS) is 4. The maximum atomic E-state index is 9.64. The van der Waals surface area contributed by atoms with Crippen molar-refractivity contribution in [3.63, 3.8) is 0 Å². The molecule has 0 aromatic heterocycles. The van der Waals surface area contributed by atoms with Gasteiger partial charge in [-0.05, 0) is 37.6 Å². The zero-order chi connectivity index (χ0) is 25.4. The third-order valence-electron chi connectivity index (χ3n) is 4.19. The van der Waals surface area contributed by atoms with Crippen LogP contribution >= 0.6 is 11.6 Å². The van der Waals surface area contributed by atoms with Gasteiger partial charge in [0.2, 0.25) is 0 Å². The first-order chi connectivity index (χ1) is 15.5. The SMILES string of the molecule is CCOc1ccc(Cl)cc1CN1CC(CN)C1.O=C(O)CCC(=O)O.O=C(O)CCC(=O)O. The Morgan fingerprint density at radius 2 is 1.42 bits per heavy atom. The number of hydrogen-bond donors (Lipinski definition) is 5. The first-order valence-electron chi connectivity index (χ1n) is 10.2. The molecule has 0 atom stereocenters. The van der Waals surface area contributed by atoms with E-state index in [4.69, 9.17) is 42.5 Å². The van der Waals surface area contributed by atoms with Crippen LogP contribution in [0.1, 0.15) is 38.2 Å². The molecule has 1 aromatic carbocycles. The number of benzene rings is 1. The van der Waals surface area contributed by atoms with E-state index in [9.17, 15) is 19.2 Å². The van der Waals surface area contributed by atoms with Crippen molar-refractivity contribution in [1.29, 1.82) is 0 Å². The van der Waals surface area contributed by atoms with Crippen LogP contribution in [0.3, 0.4) is 0 Å². The van der Waals surface area contributed by atoms with Gasteiger partial charge in [-0.1, -0.05) is 11.6 Å². The van der Waals surface area contributed by atoms with Crippen molar-refractivity contribution in [3.05, 3.63) is 28.8 Å². The molecular formula is C21H31ClN2O9. The number of halogens is 1. The van der Waals surface area contributed by atoms with Gasteiger partial charge in [0.1, 0.15) is 5.75 Å². The molecule has 6 N–H and O–H groups in total. The number of nitrogens with two attached hydrogens (primary N) is 1. The molecule has 1 fully saturated rings. The molecule has 0 radical (unpaired) electrons. The fraction of sp³-hybridized carbons (Fsp3) is 0.524. The molecule has 1 aliphatic heterocycles. The Morgan fingerprint density at radius 1 is 0.970 bits per heavy atom. The number of aliphatic carboxylic acids is 4. The number of carbonyl (C=O) groups is 4. The smallest absolute Gasteiger partial charge is 0.303 e. The lowest BCUT2D eigenvalue weighted by Gasteiger charge is -2.38. The molecule has 0 saturated carbocycles. The molecule has 0 spiro atoms. The van der Waals surface area contributed by atoms with Crippen molar-refractivity contribution in [2.45, 2.75) is 39.2 Å². The summed E-state index contributed by atoms with van der Waals surface area (Å²) in [5.74, 6) is -2.71. The third-order valence-corrected chi connectivity index (χ3v) is 4.42. The lowest BCUT2D eigenvalue weighted by molar-refractivity contribution is -0.143. The Morgan fingerprint density at radius 3 is 1.79 bits per heavy atom. The summed E-state index contributed by atoms with van der Waals surface area (Å²) in [7, 11) is 0. The molecule has 1 heterocycles. The second-order valence-electron chi connectivity index (χ2n) is 7.06. The number of nitrogens with zero attached hydrogens (tertiary/aromatic N) is 1. The summed E-state index contributed by atoms with van der Waals surface area (Å²) in [4.78, 5) is 40.9. The van der Waals surface area contributed by atoms with E-state index in [2.05, 4.69) is 4.90 Å². The molecule has 2 rings (SSSR count). The van der Waals surface area contributed by atoms with Gasteiger partial charge in [0.15, 0.2) is 0 Å². The van der Waals surface area contributed by atoms with Gasteiger partial charge in [0.25, 0.3) is 0 Å². The molecule has 0 aliphatic carbocycles. The fourth-order valence-electron chi connectivity index (χ4n) is 2.59. The minimum absolute atomic E-state index is 0.296. The van der Waals surface area contributed by atoms with Crippen molar-refractivity contribution in [1.82, 2.24) is 4.90 Å². The van der Waals surface area contributed by atoms with E-state index in [1.165, 1.54) is 0 Å². The Hall–Kier alpha value is -2.89. The largest absolute Gasteiger partial charge is 0.494 e. The number of ether oxygens (including phenoxy) is 1. The highest BCUT2D eigenvalue weighted by molar-refractivity contribution is 6.30. The van der Waals surface area contributed by atoms with E-state index in [-0.39, 0.29) is 25.7 Å². The molecule has 0 unspecified atom stereocenters. The molecule has 1 aliphatic rings. The predicted octanol–water partition coefficient (Wildman–Crippen LogP) is 2.00. The van der Waals surface area contributed by atoms with Crippen molar-refractivity contribution in [2.75, 3.05) is 26.2 Å². The number of likely N-dealkylation sites (tertiary alicyclic amines) is 1. The van der Waals surface area contributed by atoms with Crippen molar-refractivity contribution >= 4 is 35.5 Å². The van der Waals surface area contributed by atoms with Gasteiger partial charge in [0.05, 0.1) is 32.3 Å². The average molecular weight is 491 g/mol. The number of rotatable bonds is 11. The topological polar surface area (TPSA) is 188 Å². The molecule has 1 aromatic rings. The molecule has 33 heavy (non-hydrogen) atoms. The molecule has 12 heteroatoms. The minimum atomic E-state index is -1.08. The van der Waals surface area contributed by atoms with Gasteiger partial charge in [-0.2, -0.15) is 0 Å². The van der Waals surface area contributed by atoms with Crippen molar-refractivity contribution < 1.29 is 44.3 Å². The summed E-state index contributed by atoms with van der Waals surface area (Å²) in [6, 6.07) is 5.80. The average Bonchev–Trinajstić information content (AvgIpc) is 2.70. The molecule has 0 amide bonds. The molecular weight excluding hydrogens is 460 g/mol. The number of hydrogen-bond acceptors (Lipinski definition) is 7. The van der Waals surface area contributed by atoms with E-state index in [0.717, 1.165) is 42.5 Å². The Kier molecular flexibility index (Phi) is 15.2. The summed E-state index contributed by atoms with van der Waals surface area (Å²) in [6.07, 6.45) is -1.19. The van der Waals surface area contributed by atoms with E-state index in [0.29, 0.717) is 12.5 Å². The predicted molar refractivity (Wildman–Crippen MR) is 119 cm³/mol. The van der Waals surface area contributed by atoms with Gasteiger partial charge in [0, 0.05) is 30.2 Å². The summed E-state index contributed by atoms with van der Waals surface area (Å²) in [5.41, 5.74) is 6.78. The highest BCUT2D eigenvalue weighted by Crippen LogP contribution is 2.27. The Labute approximate surface area is 196 Å². The van der Waals surface area contributed by atoms with Crippen LogP contribution in [0.25, 0.3) is 0 Å². The van der Waals surface area contributed by atoms with Crippen LogP contribution in [-0.2, 0) is 25.7 Å². The van der Waals surface area contributed by atoms with Crippen molar-refractivity contribution in [3.8, 4) is 5.75 Å². The van der Waals surface area contributed by atoms with Gasteiger partial charge in [-0.15, -0.1) is 0 Å². The molecule has 11 nitrogen and oxygen atoms in total. The zero-order valence-electron chi connectivity index (χ0n) is 18.4. The molecule has 1 saturated heterocycles. The van der Waals surface area contributed by atoms with E-state index in [1.807, 2.05) is 25.1 Å². The Bertz CT molecular complexity index is 727. The standard InChI is InChI=1S/C13H19ClN2O.2C4H6O4/c1-2-17-13-4-3-12(14)5-11(13)9-16-7-10(6-15)8-16;2*5-3(6)1-2-4(7)8/h3-5,10H,2,6-9,15H2,1H3;2*1-2H2,(H,5,6)(H,7,8). The number of carboxylic acids is 4. The monoisotopic (exact) mass is 490 g/mol. The van der Waals surface area contributed by atoms with Gasteiger partial charge >= 0.3 is 23.9 Å². The summed E-state index contributed by atoms with van der Waals surface area (Å²) in [6.45, 7) is 6.51. The first-order valence-corrected chi connectivity index (χ1v) is 10.6. The van der Waals surface area contributed by atoms with Crippen molar-refractivity contribution in [2.24, 2.45) is 11.7 Å². The highest BCUT2D eigenvalue weighted by Gasteiger charge is 2.25. The van der Waals surface area contributed by atoms with Gasteiger partial charge in [-0.25, -0.2) is 0 Å². The highest BCUT2D eigenvalue weighted by atomic mass is 35.5. The van der Waals surface area contributed by atoms with Crippen LogP contribution in [0.4, 0.5) is 0 Å². The van der Waals surface area contributed by atoms with Gasteiger partial charge < -0.3 is 30.9 Å². The summed E-state index contributed by atoms with van der Waals surface area (Å²) >= 11 is 6.02. The normalized spacial score (nSPS) is 12.8. The van der Waals surface area contributed by atoms with Crippen LogP contribution in [0.2, 0.25) is 5.02 Å². The molecule has 186 valence electrons. The fourth-order valence-corrected chi connectivity index (χ4v) is 2.79. The maximum absolute atomic E-state index is 9.64. The maximum Gasteiger partial charge on any atom is 0.303 e. The van der Waals surface area contributed by atoms with E-state index < -0.39 is 23.9 Å². The van der Waals surface area contributed by atoms with Crippen LogP contribution in [0, 0.1) is 5.92 Å². The molecule has 0 bridgehead atoms. The second-order valence-corrected chi connectivity index (χ2v) is 7.49. The summed E-state index contributed by atoms with van der Waals surface area (Å²) < 4.78 is 5.60. The van der Waals surface area contributed by atoms with Crippen LogP contribution < -0.4 is 10.5 Å². The van der Waals surface area contributed by atoms with Gasteiger partial charge in [-0.3, -0.25) is 24.1 Å².